The van der Waals surface area contributed by atoms with Crippen molar-refractivity contribution in [1.29, 1.82) is 0 Å². The maximum atomic E-state index is 14.3. The predicted molar refractivity (Wildman–Crippen MR) is 134 cm³/mol. The van der Waals surface area contributed by atoms with Crippen molar-refractivity contribution < 1.29 is 0 Å². The SMILES string of the molecule is CC1(C)[C@H]2CC[C@@]1(C)[C@H](n1c(=O)n3n(c1=O)[C@@]14C=C[C@H]3[C@@H]3C=C(CCCCCCCCC1)[C@@H]34)C2. The lowest BCUT2D eigenvalue weighted by Gasteiger charge is -2.58. The van der Waals surface area contributed by atoms with E-state index >= 15 is 0 Å². The lowest BCUT2D eigenvalue weighted by molar-refractivity contribution is 0.0313. The van der Waals surface area contributed by atoms with E-state index in [0.29, 0.717) is 17.8 Å². The van der Waals surface area contributed by atoms with Crippen LogP contribution in [0.2, 0.25) is 0 Å². The van der Waals surface area contributed by atoms with Crippen molar-refractivity contribution in [2.24, 2.45) is 28.6 Å². The Bertz CT molecular complexity index is 1210. The van der Waals surface area contributed by atoms with Crippen molar-refractivity contribution >= 4 is 0 Å². The van der Waals surface area contributed by atoms with Gasteiger partial charge >= 0.3 is 11.4 Å². The molecular formula is C29H41N3O2. The summed E-state index contributed by atoms with van der Waals surface area (Å²) in [6.45, 7) is 7.09. The van der Waals surface area contributed by atoms with Gasteiger partial charge in [-0.2, -0.15) is 0 Å². The summed E-state index contributed by atoms with van der Waals surface area (Å²) >= 11 is 0. The first-order valence-corrected chi connectivity index (χ1v) is 14.2. The predicted octanol–water partition coefficient (Wildman–Crippen LogP) is 5.72. The molecule has 0 N–H and O–H groups in total. The van der Waals surface area contributed by atoms with Gasteiger partial charge in [-0.3, -0.25) is 0 Å². The molecule has 7 atom stereocenters. The molecule has 0 aromatic carbocycles. The Morgan fingerprint density at radius 1 is 0.912 bits per heavy atom. The molecule has 0 saturated heterocycles. The van der Waals surface area contributed by atoms with E-state index in [0.717, 1.165) is 25.7 Å². The summed E-state index contributed by atoms with van der Waals surface area (Å²) in [6, 6.07) is 0.0309. The minimum Gasteiger partial charge on any atom is -0.246 e. The highest BCUT2D eigenvalue weighted by Crippen LogP contribution is 2.69. The summed E-state index contributed by atoms with van der Waals surface area (Å²) in [6.07, 6.45) is 21.5. The molecule has 7 aliphatic rings. The lowest BCUT2D eigenvalue weighted by Crippen LogP contribution is -2.62. The van der Waals surface area contributed by atoms with E-state index < -0.39 is 0 Å². The minimum atomic E-state index is -0.349. The number of rotatable bonds is 1. The molecule has 3 fully saturated rings. The summed E-state index contributed by atoms with van der Waals surface area (Å²) in [7, 11) is 0. The van der Waals surface area contributed by atoms with E-state index in [9.17, 15) is 9.59 Å². The second kappa shape index (κ2) is 6.91. The minimum absolute atomic E-state index is 0.00406. The zero-order valence-corrected chi connectivity index (χ0v) is 21.3. The van der Waals surface area contributed by atoms with Crippen LogP contribution >= 0.6 is 0 Å². The molecule has 5 heteroatoms. The second-order valence-corrected chi connectivity index (χ2v) is 13.3. The summed E-state index contributed by atoms with van der Waals surface area (Å²) < 4.78 is 5.64. The fourth-order valence-corrected chi connectivity index (χ4v) is 9.60. The zero-order valence-electron chi connectivity index (χ0n) is 21.3. The molecule has 5 aliphatic carbocycles. The van der Waals surface area contributed by atoms with Crippen LogP contribution < -0.4 is 11.4 Å². The van der Waals surface area contributed by atoms with Crippen LogP contribution in [0.5, 0.6) is 0 Å². The van der Waals surface area contributed by atoms with Crippen molar-refractivity contribution in [3.05, 3.63) is 44.8 Å². The normalized spacial score (nSPS) is 44.0. The third-order valence-corrected chi connectivity index (χ3v) is 12.0. The Balaban J connectivity index is 1.38. The topological polar surface area (TPSA) is 48.9 Å². The highest BCUT2D eigenvalue weighted by Gasteiger charge is 2.64. The number of nitrogens with zero attached hydrogens (tertiary/aromatic N) is 3. The van der Waals surface area contributed by atoms with Crippen LogP contribution in [0.25, 0.3) is 0 Å². The Morgan fingerprint density at radius 3 is 2.35 bits per heavy atom. The fourth-order valence-electron chi connectivity index (χ4n) is 9.60. The van der Waals surface area contributed by atoms with Crippen molar-refractivity contribution in [2.45, 2.75) is 115 Å². The smallest absolute Gasteiger partial charge is 0.246 e. The number of hydrogen-bond donors (Lipinski definition) is 0. The van der Waals surface area contributed by atoms with Gasteiger partial charge in [0.25, 0.3) is 0 Å². The molecule has 184 valence electrons. The summed E-state index contributed by atoms with van der Waals surface area (Å²) in [5.41, 5.74) is 1.33. The zero-order chi connectivity index (χ0) is 23.5. The maximum absolute atomic E-state index is 14.3. The monoisotopic (exact) mass is 463 g/mol. The highest BCUT2D eigenvalue weighted by atomic mass is 16.2. The van der Waals surface area contributed by atoms with Crippen molar-refractivity contribution in [1.82, 2.24) is 13.9 Å². The standard InChI is InChI=1S/C29H41N3O2/c1-27(2)20-12-15-28(27,3)23(18-20)30-25(33)31-22-13-16-29(32(31)26(30)34)14-10-8-6-4-5-7-9-11-19-17-21(22)24(19)29/h13,16-17,20-24H,4-12,14-15,18H2,1-3H3/t20-,21-,22-,23+,24-,28-,29+/m0/s1. The summed E-state index contributed by atoms with van der Waals surface area (Å²) in [4.78, 5) is 28.4. The first kappa shape index (κ1) is 21.5. The van der Waals surface area contributed by atoms with Crippen molar-refractivity contribution in [3.63, 3.8) is 0 Å². The van der Waals surface area contributed by atoms with Crippen LogP contribution in [0, 0.1) is 28.6 Å². The van der Waals surface area contributed by atoms with Gasteiger partial charge in [-0.05, 0) is 55.3 Å². The highest BCUT2D eigenvalue weighted by molar-refractivity contribution is 5.38. The molecular weight excluding hydrogens is 422 g/mol. The average Bonchev–Trinajstić information content (AvgIpc) is 3.25. The molecule has 3 heterocycles. The molecule has 1 aromatic rings. The third-order valence-electron chi connectivity index (χ3n) is 12.0. The molecule has 0 amide bonds. The Hall–Kier alpha value is -1.78. The van der Waals surface area contributed by atoms with Crippen LogP contribution in [-0.4, -0.2) is 13.9 Å². The van der Waals surface area contributed by atoms with Gasteiger partial charge in [0.2, 0.25) is 0 Å². The summed E-state index contributed by atoms with van der Waals surface area (Å²) in [5.74, 6) is 1.39. The molecule has 1 aromatic heterocycles. The Labute approximate surface area is 202 Å². The van der Waals surface area contributed by atoms with Crippen LogP contribution in [-0.2, 0) is 5.54 Å². The van der Waals surface area contributed by atoms with Crippen LogP contribution in [0.4, 0.5) is 0 Å². The maximum Gasteiger partial charge on any atom is 0.348 e. The van der Waals surface area contributed by atoms with Crippen LogP contribution in [0.3, 0.4) is 0 Å². The quantitative estimate of drug-likeness (QED) is 0.501. The van der Waals surface area contributed by atoms with Crippen molar-refractivity contribution in [3.8, 4) is 0 Å². The first-order chi connectivity index (χ1) is 16.3. The molecule has 2 aliphatic heterocycles. The molecule has 3 saturated carbocycles. The van der Waals surface area contributed by atoms with Crippen LogP contribution in [0.15, 0.2) is 33.4 Å². The molecule has 34 heavy (non-hydrogen) atoms. The van der Waals surface area contributed by atoms with Crippen molar-refractivity contribution in [2.75, 3.05) is 0 Å². The Morgan fingerprint density at radius 2 is 1.65 bits per heavy atom. The average molecular weight is 464 g/mol. The van der Waals surface area contributed by atoms with Gasteiger partial charge in [-0.25, -0.2) is 23.5 Å². The van der Waals surface area contributed by atoms with Gasteiger partial charge in [0.15, 0.2) is 0 Å². The Kier molecular flexibility index (Phi) is 4.37. The molecule has 4 bridgehead atoms. The van der Waals surface area contributed by atoms with Gasteiger partial charge in [0, 0.05) is 17.9 Å². The third kappa shape index (κ3) is 2.38. The fraction of sp³-hybridized carbons (Fsp3) is 0.793. The molecule has 1 spiro atoms. The van der Waals surface area contributed by atoms with Gasteiger partial charge < -0.3 is 0 Å². The molecule has 0 unspecified atom stereocenters. The van der Waals surface area contributed by atoms with E-state index in [2.05, 4.69) is 39.0 Å². The second-order valence-electron chi connectivity index (χ2n) is 13.3. The molecule has 8 rings (SSSR count). The van der Waals surface area contributed by atoms with E-state index in [1.165, 1.54) is 51.4 Å². The van der Waals surface area contributed by atoms with Gasteiger partial charge in [0.05, 0.1) is 11.6 Å². The first-order valence-electron chi connectivity index (χ1n) is 14.2. The van der Waals surface area contributed by atoms with Gasteiger partial charge in [-0.1, -0.05) is 83.1 Å². The molecule has 5 nitrogen and oxygen atoms in total. The van der Waals surface area contributed by atoms with Gasteiger partial charge in [-0.15, -0.1) is 0 Å². The number of allylic oxidation sites excluding steroid dienone is 4. The van der Waals surface area contributed by atoms with Gasteiger partial charge in [0.1, 0.15) is 0 Å². The summed E-state index contributed by atoms with van der Waals surface area (Å²) in [5, 5.41) is 0. The number of fused-ring (bicyclic) bond motifs is 2. The number of aromatic nitrogens is 3. The van der Waals surface area contributed by atoms with Crippen LogP contribution in [0.1, 0.15) is 110 Å². The van der Waals surface area contributed by atoms with E-state index in [-0.39, 0.29) is 39.8 Å². The van der Waals surface area contributed by atoms with E-state index in [1.807, 2.05) is 9.36 Å². The number of hydrogen-bond acceptors (Lipinski definition) is 2. The van der Waals surface area contributed by atoms with E-state index in [4.69, 9.17) is 0 Å². The molecule has 0 radical (unpaired) electrons. The lowest BCUT2D eigenvalue weighted by atomic mass is 9.55. The van der Waals surface area contributed by atoms with E-state index in [1.54, 1.807) is 10.1 Å². The largest absolute Gasteiger partial charge is 0.348 e.